The number of benzene rings is 1. The zero-order valence-corrected chi connectivity index (χ0v) is 18.1. The minimum Gasteiger partial charge on any atom is -0.376 e. The molecule has 5 fully saturated rings. The van der Waals surface area contributed by atoms with Gasteiger partial charge < -0.3 is 11.1 Å². The summed E-state index contributed by atoms with van der Waals surface area (Å²) in [7, 11) is 0. The molecule has 0 saturated heterocycles. The van der Waals surface area contributed by atoms with Gasteiger partial charge in [0, 0.05) is 11.5 Å². The van der Waals surface area contributed by atoms with Crippen LogP contribution in [0.3, 0.4) is 0 Å². The van der Waals surface area contributed by atoms with Crippen LogP contribution in [0.1, 0.15) is 70.3 Å². The lowest BCUT2D eigenvalue weighted by molar-refractivity contribution is -0.0749. The highest BCUT2D eigenvalue weighted by atomic mass is 32.1. The molecular weight excluding hydrogens is 360 g/mol. The first-order valence-corrected chi connectivity index (χ1v) is 12.0. The van der Waals surface area contributed by atoms with Gasteiger partial charge in [0.1, 0.15) is 0 Å². The Bertz CT molecular complexity index is 705. The highest BCUT2D eigenvalue weighted by Gasteiger charge is 2.61. The largest absolute Gasteiger partial charge is 0.376 e. The maximum Gasteiger partial charge on any atom is 0.0818 e. The van der Waals surface area contributed by atoms with E-state index in [1.54, 1.807) is 5.56 Å². The van der Waals surface area contributed by atoms with E-state index in [9.17, 15) is 0 Å². The highest BCUT2D eigenvalue weighted by Crippen LogP contribution is 2.67. The zero-order chi connectivity index (χ0) is 19.4. The molecule has 2 nitrogen and oxygen atoms in total. The van der Waals surface area contributed by atoms with Crippen LogP contribution in [0.4, 0.5) is 0 Å². The molecule has 0 heterocycles. The van der Waals surface area contributed by atoms with Crippen LogP contribution in [0.5, 0.6) is 0 Å². The van der Waals surface area contributed by atoms with Crippen LogP contribution in [0.15, 0.2) is 30.3 Å². The number of nitrogens with one attached hydrogen (secondary N) is 1. The van der Waals surface area contributed by atoms with Crippen molar-refractivity contribution >= 4 is 17.2 Å². The minimum absolute atomic E-state index is 0.244. The van der Waals surface area contributed by atoms with E-state index in [2.05, 4.69) is 42.6 Å². The number of rotatable bonds is 4. The molecule has 5 saturated carbocycles. The molecule has 6 rings (SSSR count). The second-order valence-corrected chi connectivity index (χ2v) is 11.1. The maximum atomic E-state index is 6.19. The van der Waals surface area contributed by atoms with Crippen molar-refractivity contribution in [3.63, 3.8) is 0 Å². The number of thiocarbonyl (C=S) groups is 1. The summed E-state index contributed by atoms with van der Waals surface area (Å²) >= 11 is 6.19. The lowest BCUT2D eigenvalue weighted by atomic mass is 9.40. The van der Waals surface area contributed by atoms with Crippen LogP contribution in [0, 0.1) is 29.1 Å². The van der Waals surface area contributed by atoms with E-state index >= 15 is 0 Å². The first-order chi connectivity index (χ1) is 13.5. The van der Waals surface area contributed by atoms with Crippen molar-refractivity contribution in [2.75, 3.05) is 6.54 Å². The van der Waals surface area contributed by atoms with Crippen molar-refractivity contribution in [1.82, 2.24) is 5.32 Å². The van der Waals surface area contributed by atoms with Gasteiger partial charge in [-0.05, 0) is 99.0 Å². The molecule has 5 aliphatic carbocycles. The van der Waals surface area contributed by atoms with Crippen molar-refractivity contribution in [2.24, 2.45) is 34.8 Å². The van der Waals surface area contributed by atoms with Crippen LogP contribution in [0.2, 0.25) is 0 Å². The molecule has 28 heavy (non-hydrogen) atoms. The molecule has 0 aliphatic heterocycles. The van der Waals surface area contributed by atoms with Crippen molar-refractivity contribution < 1.29 is 0 Å². The Morgan fingerprint density at radius 3 is 2.29 bits per heavy atom. The molecule has 2 atom stereocenters. The zero-order valence-electron chi connectivity index (χ0n) is 17.3. The standard InChI is InChI=1S/C25H36N2S/c1-17-19-11-24(21-5-3-2-4-6-21)12-20(17)14-25(13-19,16-24)23(28)27-22-9-7-18(15-26)8-10-22/h2-6,17-20,22H,7-16,26H2,1H3,(H,27,28)/t17?,18-,19?,20?,22-,24?,25?. The minimum atomic E-state index is 0.244. The second-order valence-electron chi connectivity index (χ2n) is 10.7. The van der Waals surface area contributed by atoms with Gasteiger partial charge in [0.05, 0.1) is 4.99 Å². The fraction of sp³-hybridized carbons (Fsp3) is 0.720. The topological polar surface area (TPSA) is 38.0 Å². The molecule has 152 valence electrons. The van der Waals surface area contributed by atoms with Gasteiger partial charge in [0.15, 0.2) is 0 Å². The summed E-state index contributed by atoms with van der Waals surface area (Å²) in [5.74, 6) is 3.28. The Labute approximate surface area is 176 Å². The second kappa shape index (κ2) is 7.09. The first kappa shape index (κ1) is 19.1. The van der Waals surface area contributed by atoms with Crippen molar-refractivity contribution in [1.29, 1.82) is 0 Å². The van der Waals surface area contributed by atoms with E-state index in [0.29, 0.717) is 11.5 Å². The quantitative estimate of drug-likeness (QED) is 0.687. The predicted molar refractivity (Wildman–Crippen MR) is 120 cm³/mol. The monoisotopic (exact) mass is 396 g/mol. The van der Waals surface area contributed by atoms with Gasteiger partial charge >= 0.3 is 0 Å². The van der Waals surface area contributed by atoms with Crippen LogP contribution in [-0.4, -0.2) is 17.6 Å². The van der Waals surface area contributed by atoms with E-state index in [0.717, 1.165) is 30.2 Å². The van der Waals surface area contributed by atoms with Gasteiger partial charge in [-0.1, -0.05) is 49.5 Å². The van der Waals surface area contributed by atoms with Crippen LogP contribution in [0.25, 0.3) is 0 Å². The van der Waals surface area contributed by atoms with Gasteiger partial charge in [-0.15, -0.1) is 0 Å². The van der Waals surface area contributed by atoms with Gasteiger partial charge in [0.2, 0.25) is 0 Å². The van der Waals surface area contributed by atoms with Crippen molar-refractivity contribution in [3.8, 4) is 0 Å². The first-order valence-electron chi connectivity index (χ1n) is 11.6. The molecule has 3 heteroatoms. The number of nitrogens with two attached hydrogens (primary N) is 1. The number of hydrogen-bond donors (Lipinski definition) is 2. The average Bonchev–Trinajstić information content (AvgIpc) is 2.72. The summed E-state index contributed by atoms with van der Waals surface area (Å²) in [6.07, 6.45) is 11.7. The van der Waals surface area contributed by atoms with E-state index in [-0.39, 0.29) is 5.41 Å². The molecule has 4 bridgehead atoms. The molecule has 1 aromatic rings. The van der Waals surface area contributed by atoms with E-state index in [1.165, 1.54) is 62.8 Å². The third-order valence-electron chi connectivity index (χ3n) is 9.16. The van der Waals surface area contributed by atoms with E-state index in [1.807, 2.05) is 0 Å². The molecule has 5 aliphatic rings. The lowest BCUT2D eigenvalue weighted by Crippen LogP contribution is -2.61. The summed E-state index contributed by atoms with van der Waals surface area (Å²) in [6.45, 7) is 3.37. The molecule has 1 aromatic carbocycles. The lowest BCUT2D eigenvalue weighted by Gasteiger charge is -2.65. The van der Waals surface area contributed by atoms with Crippen LogP contribution in [-0.2, 0) is 5.41 Å². The fourth-order valence-corrected chi connectivity index (χ4v) is 8.07. The summed E-state index contributed by atoms with van der Waals surface area (Å²) in [4.78, 5) is 1.21. The molecule has 0 amide bonds. The third-order valence-corrected chi connectivity index (χ3v) is 9.71. The smallest absolute Gasteiger partial charge is 0.0818 e. The third kappa shape index (κ3) is 3.04. The summed E-state index contributed by atoms with van der Waals surface area (Å²) in [5.41, 5.74) is 8.07. The number of hydrogen-bond acceptors (Lipinski definition) is 2. The maximum absolute atomic E-state index is 6.19. The Morgan fingerprint density at radius 1 is 1.04 bits per heavy atom. The van der Waals surface area contributed by atoms with Gasteiger partial charge in [-0.3, -0.25) is 0 Å². The molecule has 3 N–H and O–H groups in total. The fourth-order valence-electron chi connectivity index (χ4n) is 7.66. The van der Waals surface area contributed by atoms with Crippen molar-refractivity contribution in [2.45, 2.75) is 76.2 Å². The van der Waals surface area contributed by atoms with Crippen LogP contribution < -0.4 is 11.1 Å². The van der Waals surface area contributed by atoms with Crippen LogP contribution >= 0.6 is 12.2 Å². The highest BCUT2D eigenvalue weighted by molar-refractivity contribution is 7.80. The summed E-state index contributed by atoms with van der Waals surface area (Å²) in [6, 6.07) is 12.0. The Balaban J connectivity index is 1.38. The Morgan fingerprint density at radius 2 is 1.68 bits per heavy atom. The Kier molecular flexibility index (Phi) is 4.83. The van der Waals surface area contributed by atoms with Gasteiger partial charge in [0.25, 0.3) is 0 Å². The molecular formula is C25H36N2S. The molecule has 0 radical (unpaired) electrons. The summed E-state index contributed by atoms with van der Waals surface area (Å²) in [5, 5.41) is 3.89. The van der Waals surface area contributed by atoms with Gasteiger partial charge in [-0.25, -0.2) is 0 Å². The SMILES string of the molecule is CC1C2CC3(C(=S)N[C@H]4CC[C@H](CN)CC4)CC1CC(c1ccccc1)(C2)C3. The molecule has 0 aromatic heterocycles. The summed E-state index contributed by atoms with van der Waals surface area (Å²) < 4.78 is 0. The average molecular weight is 397 g/mol. The van der Waals surface area contributed by atoms with Crippen molar-refractivity contribution in [3.05, 3.63) is 35.9 Å². The predicted octanol–water partition coefficient (Wildman–Crippen LogP) is 5.21. The Hall–Kier alpha value is -0.930. The van der Waals surface area contributed by atoms with Gasteiger partial charge in [-0.2, -0.15) is 0 Å². The van der Waals surface area contributed by atoms with E-state index < -0.39 is 0 Å². The van der Waals surface area contributed by atoms with E-state index in [4.69, 9.17) is 18.0 Å². The molecule has 2 unspecified atom stereocenters. The normalized spacial score (nSPS) is 44.4. The molecule has 0 spiro atoms.